The lowest BCUT2D eigenvalue weighted by atomic mass is 9.77. The highest BCUT2D eigenvalue weighted by Gasteiger charge is 2.49. The minimum absolute atomic E-state index is 0.108. The Morgan fingerprint density at radius 3 is 2.00 bits per heavy atom. The summed E-state index contributed by atoms with van der Waals surface area (Å²) >= 11 is 0. The molecule has 0 aromatic heterocycles. The first-order valence-corrected chi connectivity index (χ1v) is 10.7. The molecule has 0 aromatic rings. The van der Waals surface area contributed by atoms with Crippen molar-refractivity contribution in [1.82, 2.24) is 5.32 Å². The summed E-state index contributed by atoms with van der Waals surface area (Å²) in [5.74, 6) is 0. The maximum absolute atomic E-state index is 11.8. The minimum atomic E-state index is -1.76. The Balaban J connectivity index is 2.46. The van der Waals surface area contributed by atoms with Crippen LogP contribution in [0.25, 0.3) is 0 Å². The van der Waals surface area contributed by atoms with Crippen LogP contribution in [-0.4, -0.2) is 31.7 Å². The van der Waals surface area contributed by atoms with E-state index in [1.54, 1.807) is 0 Å². The number of hydrogen-bond acceptors (Lipinski definition) is 3. The molecule has 21 heavy (non-hydrogen) atoms. The van der Waals surface area contributed by atoms with Crippen molar-refractivity contribution < 1.29 is 14.0 Å². The molecular formula is C16H33NO3Si. The molecule has 0 bridgehead atoms. The Morgan fingerprint density at radius 2 is 1.62 bits per heavy atom. The summed E-state index contributed by atoms with van der Waals surface area (Å²) in [6.45, 7) is 19.1. The van der Waals surface area contributed by atoms with E-state index in [1.165, 1.54) is 0 Å². The average Bonchev–Trinajstić information content (AvgIpc) is 2.08. The van der Waals surface area contributed by atoms with Gasteiger partial charge in [0.15, 0.2) is 8.32 Å². The van der Waals surface area contributed by atoms with Gasteiger partial charge in [-0.25, -0.2) is 4.79 Å². The Hall–Kier alpha value is -0.553. The van der Waals surface area contributed by atoms with Crippen LogP contribution in [0.4, 0.5) is 4.79 Å². The van der Waals surface area contributed by atoms with E-state index in [2.05, 4.69) is 46.1 Å². The van der Waals surface area contributed by atoms with Gasteiger partial charge in [-0.05, 0) is 58.7 Å². The molecule has 1 aliphatic rings. The first-order valence-electron chi connectivity index (χ1n) is 7.83. The number of hydrogen-bond donors (Lipinski definition) is 1. The van der Waals surface area contributed by atoms with Gasteiger partial charge < -0.3 is 14.5 Å². The van der Waals surface area contributed by atoms with Crippen LogP contribution < -0.4 is 5.32 Å². The Bertz CT molecular complexity index is 387. The van der Waals surface area contributed by atoms with Gasteiger partial charge in [0.2, 0.25) is 0 Å². The molecule has 1 saturated carbocycles. The van der Waals surface area contributed by atoms with Crippen molar-refractivity contribution >= 4 is 14.4 Å². The van der Waals surface area contributed by atoms with Gasteiger partial charge in [-0.15, -0.1) is 0 Å². The summed E-state index contributed by atoms with van der Waals surface area (Å²) < 4.78 is 11.8. The number of nitrogens with one attached hydrogen (secondary N) is 1. The molecule has 0 atom stereocenters. The van der Waals surface area contributed by atoms with Crippen LogP contribution in [-0.2, 0) is 9.16 Å². The third-order valence-electron chi connectivity index (χ3n) is 4.38. The third-order valence-corrected chi connectivity index (χ3v) is 9.00. The van der Waals surface area contributed by atoms with Gasteiger partial charge in [-0.1, -0.05) is 20.8 Å². The molecule has 1 rings (SSSR count). The van der Waals surface area contributed by atoms with Crippen LogP contribution >= 0.6 is 0 Å². The van der Waals surface area contributed by atoms with E-state index in [1.807, 2.05) is 20.8 Å². The van der Waals surface area contributed by atoms with Crippen molar-refractivity contribution in [1.29, 1.82) is 0 Å². The van der Waals surface area contributed by atoms with Crippen LogP contribution in [0.15, 0.2) is 0 Å². The van der Waals surface area contributed by atoms with Crippen molar-refractivity contribution in [3.05, 3.63) is 0 Å². The van der Waals surface area contributed by atoms with Crippen molar-refractivity contribution in [3.8, 4) is 0 Å². The number of amides is 1. The molecule has 4 nitrogen and oxygen atoms in total. The predicted octanol–water partition coefficient (Wildman–Crippen LogP) is 4.45. The van der Waals surface area contributed by atoms with E-state index in [0.29, 0.717) is 0 Å². The molecule has 0 aromatic carbocycles. The van der Waals surface area contributed by atoms with Gasteiger partial charge in [0.05, 0.1) is 5.60 Å². The van der Waals surface area contributed by atoms with Gasteiger partial charge in [0, 0.05) is 6.04 Å². The number of carbonyl (C=O) groups is 1. The normalized spacial score (nSPS) is 27.0. The largest absolute Gasteiger partial charge is 0.444 e. The first kappa shape index (κ1) is 18.5. The Kier molecular flexibility index (Phi) is 4.91. The van der Waals surface area contributed by atoms with Gasteiger partial charge in [-0.2, -0.15) is 0 Å². The standard InChI is InChI=1S/C16H33NO3Si/c1-14(2,3)19-13(18)17-12-10-16(7,11-12)20-21(8,9)15(4,5)6/h12H,10-11H2,1-9H3,(H,17,18). The molecule has 0 saturated heterocycles. The SMILES string of the molecule is CC(C)(C)OC(=O)NC1CC(C)(O[Si](C)(C)C(C)(C)C)C1. The van der Waals surface area contributed by atoms with E-state index in [-0.39, 0.29) is 22.8 Å². The molecule has 0 unspecified atom stereocenters. The number of carbonyl (C=O) groups excluding carboxylic acids is 1. The fraction of sp³-hybridized carbons (Fsp3) is 0.938. The van der Waals surface area contributed by atoms with Gasteiger partial charge in [0.25, 0.3) is 0 Å². The van der Waals surface area contributed by atoms with Crippen LogP contribution in [0.2, 0.25) is 18.1 Å². The van der Waals surface area contributed by atoms with E-state index >= 15 is 0 Å². The second-order valence-corrected chi connectivity index (χ2v) is 13.8. The molecule has 0 heterocycles. The van der Waals surface area contributed by atoms with E-state index in [4.69, 9.17) is 9.16 Å². The molecule has 0 radical (unpaired) electrons. The fourth-order valence-electron chi connectivity index (χ4n) is 2.41. The van der Waals surface area contributed by atoms with Crippen molar-refractivity contribution in [3.63, 3.8) is 0 Å². The van der Waals surface area contributed by atoms with E-state index in [9.17, 15) is 4.79 Å². The number of rotatable bonds is 3. The van der Waals surface area contributed by atoms with Crippen LogP contribution in [0.1, 0.15) is 61.3 Å². The summed E-state index contributed by atoms with van der Waals surface area (Å²) in [4.78, 5) is 11.8. The first-order chi connectivity index (χ1) is 9.14. The zero-order valence-electron chi connectivity index (χ0n) is 15.2. The molecule has 1 amide bonds. The van der Waals surface area contributed by atoms with Crippen LogP contribution in [0.3, 0.4) is 0 Å². The highest BCUT2D eigenvalue weighted by atomic mass is 28.4. The highest BCUT2D eigenvalue weighted by molar-refractivity contribution is 6.74. The summed E-state index contributed by atoms with van der Waals surface area (Å²) in [5, 5.41) is 3.13. The Morgan fingerprint density at radius 1 is 1.14 bits per heavy atom. The second kappa shape index (κ2) is 5.58. The minimum Gasteiger partial charge on any atom is -0.444 e. The molecule has 124 valence electrons. The highest BCUT2D eigenvalue weighted by Crippen LogP contribution is 2.45. The monoisotopic (exact) mass is 315 g/mol. The molecule has 1 aliphatic carbocycles. The van der Waals surface area contributed by atoms with E-state index in [0.717, 1.165) is 12.8 Å². The summed E-state index contributed by atoms with van der Waals surface area (Å²) in [6.07, 6.45) is 1.39. The summed E-state index contributed by atoms with van der Waals surface area (Å²) in [5.41, 5.74) is -0.558. The maximum atomic E-state index is 11.8. The maximum Gasteiger partial charge on any atom is 0.407 e. The van der Waals surface area contributed by atoms with Gasteiger partial charge >= 0.3 is 6.09 Å². The van der Waals surface area contributed by atoms with E-state index < -0.39 is 13.9 Å². The zero-order valence-corrected chi connectivity index (χ0v) is 16.2. The average molecular weight is 316 g/mol. The summed E-state index contributed by atoms with van der Waals surface area (Å²) in [7, 11) is -1.76. The quantitative estimate of drug-likeness (QED) is 0.782. The molecule has 0 aliphatic heterocycles. The van der Waals surface area contributed by atoms with Crippen molar-refractivity contribution in [2.75, 3.05) is 0 Å². The van der Waals surface area contributed by atoms with Gasteiger partial charge in [0.1, 0.15) is 5.60 Å². The summed E-state index contributed by atoms with van der Waals surface area (Å²) in [6, 6.07) is 0.162. The fourth-order valence-corrected chi connectivity index (χ4v) is 4.12. The molecular weight excluding hydrogens is 282 g/mol. The van der Waals surface area contributed by atoms with Gasteiger partial charge in [-0.3, -0.25) is 0 Å². The molecule has 0 spiro atoms. The van der Waals surface area contributed by atoms with Crippen LogP contribution in [0.5, 0.6) is 0 Å². The lowest BCUT2D eigenvalue weighted by molar-refractivity contribution is -0.0298. The third kappa shape index (κ3) is 5.29. The molecule has 5 heteroatoms. The van der Waals surface area contributed by atoms with Crippen molar-refractivity contribution in [2.24, 2.45) is 0 Å². The zero-order chi connectivity index (χ0) is 16.7. The number of ether oxygens (including phenoxy) is 1. The second-order valence-electron chi connectivity index (χ2n) is 9.06. The lowest BCUT2D eigenvalue weighted by Crippen LogP contribution is -2.60. The molecule has 1 fully saturated rings. The molecule has 1 N–H and O–H groups in total. The predicted molar refractivity (Wildman–Crippen MR) is 89.1 cm³/mol. The number of alkyl carbamates (subject to hydrolysis) is 1. The lowest BCUT2D eigenvalue weighted by Gasteiger charge is -2.51. The van der Waals surface area contributed by atoms with Crippen LogP contribution in [0, 0.1) is 0 Å². The van der Waals surface area contributed by atoms with Crippen molar-refractivity contribution in [2.45, 2.75) is 96.7 Å². The Labute approximate surface area is 131 Å². The topological polar surface area (TPSA) is 47.6 Å². The smallest absolute Gasteiger partial charge is 0.407 e.